The number of anilines is 1. The number of carbonyl (C=O) groups is 1. The Balaban J connectivity index is 2.09. The normalized spacial score (nSPS) is 13.4. The smallest absolute Gasteiger partial charge is 0.335 e. The third-order valence-electron chi connectivity index (χ3n) is 3.75. The van der Waals surface area contributed by atoms with E-state index in [2.05, 4.69) is 0 Å². The van der Waals surface area contributed by atoms with Gasteiger partial charge in [0.2, 0.25) is 0 Å². The second-order valence-electron chi connectivity index (χ2n) is 5.08. The molecule has 116 valence electrons. The number of nitrogens with zero attached hydrogens (tertiary/aromatic N) is 2. The van der Waals surface area contributed by atoms with Crippen LogP contribution in [-0.2, 0) is 16.4 Å². The first-order valence-corrected chi connectivity index (χ1v) is 8.27. The Morgan fingerprint density at radius 1 is 1.22 bits per heavy atom. The van der Waals surface area contributed by atoms with Crippen LogP contribution in [0, 0.1) is 11.3 Å². The van der Waals surface area contributed by atoms with E-state index in [-0.39, 0.29) is 22.6 Å². The van der Waals surface area contributed by atoms with Gasteiger partial charge in [-0.05, 0) is 42.3 Å². The minimum Gasteiger partial charge on any atom is -0.478 e. The molecule has 0 bridgehead atoms. The fourth-order valence-electron chi connectivity index (χ4n) is 2.66. The van der Waals surface area contributed by atoms with Crippen LogP contribution in [0.5, 0.6) is 0 Å². The zero-order valence-corrected chi connectivity index (χ0v) is 12.7. The van der Waals surface area contributed by atoms with E-state index in [1.165, 1.54) is 34.6 Å². The van der Waals surface area contributed by atoms with Crippen LogP contribution in [-0.4, -0.2) is 26.0 Å². The zero-order chi connectivity index (χ0) is 16.6. The largest absolute Gasteiger partial charge is 0.478 e. The van der Waals surface area contributed by atoms with Crippen molar-refractivity contribution in [1.29, 1.82) is 5.26 Å². The molecule has 0 amide bonds. The minimum absolute atomic E-state index is 0.0438. The molecule has 2 aromatic rings. The van der Waals surface area contributed by atoms with Gasteiger partial charge in [-0.25, -0.2) is 13.2 Å². The number of fused-ring (bicyclic) bond motifs is 1. The third kappa shape index (κ3) is 2.43. The lowest BCUT2D eigenvalue weighted by atomic mass is 10.1. The van der Waals surface area contributed by atoms with Gasteiger partial charge in [0.15, 0.2) is 0 Å². The predicted molar refractivity (Wildman–Crippen MR) is 82.8 cm³/mol. The number of nitriles is 1. The molecule has 0 radical (unpaired) electrons. The summed E-state index contributed by atoms with van der Waals surface area (Å²) in [6, 6.07) is 12.3. The Labute approximate surface area is 133 Å². The van der Waals surface area contributed by atoms with Crippen molar-refractivity contribution in [3.63, 3.8) is 0 Å². The topological polar surface area (TPSA) is 98.5 Å². The van der Waals surface area contributed by atoms with Gasteiger partial charge in [-0.15, -0.1) is 0 Å². The Morgan fingerprint density at radius 2 is 1.96 bits per heavy atom. The molecule has 23 heavy (non-hydrogen) atoms. The molecule has 1 heterocycles. The molecule has 2 aromatic carbocycles. The minimum atomic E-state index is -3.86. The number of hydrogen-bond acceptors (Lipinski definition) is 4. The van der Waals surface area contributed by atoms with Crippen LogP contribution >= 0.6 is 0 Å². The lowest BCUT2D eigenvalue weighted by molar-refractivity contribution is 0.0697. The van der Waals surface area contributed by atoms with E-state index in [9.17, 15) is 13.2 Å². The third-order valence-corrected chi connectivity index (χ3v) is 5.63. The maximum Gasteiger partial charge on any atom is 0.335 e. The number of carboxylic acids is 1. The molecule has 0 atom stereocenters. The Hall–Kier alpha value is -2.85. The van der Waals surface area contributed by atoms with E-state index in [0.29, 0.717) is 17.7 Å². The number of sulfonamides is 1. The Kier molecular flexibility index (Phi) is 3.54. The molecule has 1 N–H and O–H groups in total. The summed E-state index contributed by atoms with van der Waals surface area (Å²) in [5.41, 5.74) is 1.34. The Morgan fingerprint density at radius 3 is 2.65 bits per heavy atom. The predicted octanol–water partition coefficient (Wildman–Crippen LogP) is 2.01. The van der Waals surface area contributed by atoms with Crippen LogP contribution in [0.1, 0.15) is 21.5 Å². The summed E-state index contributed by atoms with van der Waals surface area (Å²) in [4.78, 5) is 11.0. The number of rotatable bonds is 3. The maximum atomic E-state index is 12.9. The van der Waals surface area contributed by atoms with Crippen molar-refractivity contribution in [1.82, 2.24) is 0 Å². The fourth-order valence-corrected chi connectivity index (χ4v) is 4.31. The first kappa shape index (κ1) is 15.1. The van der Waals surface area contributed by atoms with Gasteiger partial charge in [-0.2, -0.15) is 5.26 Å². The molecule has 0 unspecified atom stereocenters. The highest BCUT2D eigenvalue weighted by molar-refractivity contribution is 7.93. The molecule has 1 aliphatic rings. The van der Waals surface area contributed by atoms with Gasteiger partial charge in [-0.1, -0.05) is 12.1 Å². The number of aromatic carboxylic acids is 1. The fraction of sp³-hybridized carbons (Fsp3) is 0.125. The van der Waals surface area contributed by atoms with Crippen molar-refractivity contribution < 1.29 is 18.3 Å². The van der Waals surface area contributed by atoms with E-state index in [4.69, 9.17) is 10.4 Å². The number of benzene rings is 2. The summed E-state index contributed by atoms with van der Waals surface area (Å²) in [6.07, 6.45) is 0.435. The van der Waals surface area contributed by atoms with Gasteiger partial charge in [-0.3, -0.25) is 4.31 Å². The average Bonchev–Trinajstić information content (AvgIpc) is 2.98. The van der Waals surface area contributed by atoms with Gasteiger partial charge in [0.25, 0.3) is 10.0 Å². The standard InChI is InChI=1S/C16H12N2O4S/c17-10-13-3-1-2-4-15(13)23(21,22)18-8-7-11-9-12(16(19)20)5-6-14(11)18/h1-6,9H,7-8H2,(H,19,20). The molecule has 0 saturated carbocycles. The number of hydrogen-bond donors (Lipinski definition) is 1. The number of carboxylic acid groups (broad SMARTS) is 1. The molecule has 7 heteroatoms. The first-order valence-electron chi connectivity index (χ1n) is 6.83. The molecular weight excluding hydrogens is 316 g/mol. The van der Waals surface area contributed by atoms with Crippen LogP contribution in [0.15, 0.2) is 47.4 Å². The summed E-state index contributed by atoms with van der Waals surface area (Å²) in [6.45, 7) is 0.223. The molecule has 3 rings (SSSR count). The van der Waals surface area contributed by atoms with Gasteiger partial charge >= 0.3 is 5.97 Å². The zero-order valence-electron chi connectivity index (χ0n) is 11.9. The summed E-state index contributed by atoms with van der Waals surface area (Å²) in [7, 11) is -3.86. The van der Waals surface area contributed by atoms with Gasteiger partial charge < -0.3 is 5.11 Å². The second-order valence-corrected chi connectivity index (χ2v) is 6.91. The Bertz CT molecular complexity index is 945. The highest BCUT2D eigenvalue weighted by Gasteiger charge is 2.32. The van der Waals surface area contributed by atoms with Crippen molar-refractivity contribution in [2.75, 3.05) is 10.8 Å². The quantitative estimate of drug-likeness (QED) is 0.929. The highest BCUT2D eigenvalue weighted by atomic mass is 32.2. The van der Waals surface area contributed by atoms with E-state index in [1.54, 1.807) is 12.1 Å². The first-order chi connectivity index (χ1) is 10.9. The average molecular weight is 328 g/mol. The van der Waals surface area contributed by atoms with Crippen molar-refractivity contribution >= 4 is 21.7 Å². The molecule has 0 fully saturated rings. The van der Waals surface area contributed by atoms with Crippen LogP contribution in [0.25, 0.3) is 0 Å². The lowest BCUT2D eigenvalue weighted by Crippen LogP contribution is -2.29. The monoisotopic (exact) mass is 328 g/mol. The molecule has 1 aliphatic heterocycles. The second kappa shape index (κ2) is 5.41. The summed E-state index contributed by atoms with van der Waals surface area (Å²) in [5.74, 6) is -1.05. The molecule has 0 aliphatic carbocycles. The van der Waals surface area contributed by atoms with Crippen molar-refractivity contribution in [2.24, 2.45) is 0 Å². The molecule has 0 saturated heterocycles. The highest BCUT2D eigenvalue weighted by Crippen LogP contribution is 2.34. The molecule has 0 aromatic heterocycles. The van der Waals surface area contributed by atoms with Crippen molar-refractivity contribution in [3.8, 4) is 6.07 Å². The van der Waals surface area contributed by atoms with E-state index in [0.717, 1.165) is 0 Å². The SMILES string of the molecule is N#Cc1ccccc1S(=O)(=O)N1CCc2cc(C(=O)O)ccc21. The molecular formula is C16H12N2O4S. The molecule has 6 nitrogen and oxygen atoms in total. The molecule has 0 spiro atoms. The van der Waals surface area contributed by atoms with Gasteiger partial charge in [0, 0.05) is 6.54 Å². The van der Waals surface area contributed by atoms with E-state index < -0.39 is 16.0 Å². The summed E-state index contributed by atoms with van der Waals surface area (Å²) < 4.78 is 26.9. The van der Waals surface area contributed by atoms with Crippen LogP contribution in [0.4, 0.5) is 5.69 Å². The lowest BCUT2D eigenvalue weighted by Gasteiger charge is -2.20. The van der Waals surface area contributed by atoms with Gasteiger partial charge in [0.05, 0.1) is 16.8 Å². The van der Waals surface area contributed by atoms with Crippen LogP contribution < -0.4 is 4.31 Å². The van der Waals surface area contributed by atoms with Crippen molar-refractivity contribution in [2.45, 2.75) is 11.3 Å². The summed E-state index contributed by atoms with van der Waals surface area (Å²) in [5, 5.41) is 18.1. The summed E-state index contributed by atoms with van der Waals surface area (Å²) >= 11 is 0. The van der Waals surface area contributed by atoms with Gasteiger partial charge in [0.1, 0.15) is 11.0 Å². The van der Waals surface area contributed by atoms with Crippen LogP contribution in [0.3, 0.4) is 0 Å². The van der Waals surface area contributed by atoms with E-state index >= 15 is 0 Å². The van der Waals surface area contributed by atoms with E-state index in [1.807, 2.05) is 6.07 Å². The maximum absolute atomic E-state index is 12.9. The van der Waals surface area contributed by atoms with Crippen LogP contribution in [0.2, 0.25) is 0 Å². The van der Waals surface area contributed by atoms with Crippen molar-refractivity contribution in [3.05, 3.63) is 59.2 Å².